The third kappa shape index (κ3) is 2.74. The van der Waals surface area contributed by atoms with Gasteiger partial charge in [0.15, 0.2) is 0 Å². The van der Waals surface area contributed by atoms with Crippen LogP contribution in [0.2, 0.25) is 0 Å². The van der Waals surface area contributed by atoms with Crippen LogP contribution in [-0.4, -0.2) is 25.7 Å². The van der Waals surface area contributed by atoms with Crippen molar-refractivity contribution in [3.8, 4) is 0 Å². The fourth-order valence-corrected chi connectivity index (χ4v) is 1.73. The number of benzene rings is 1. The Labute approximate surface area is 97.9 Å². The maximum atomic E-state index is 9.91. The first-order valence-corrected chi connectivity index (χ1v) is 5.66. The standard InChI is InChI=1S/C13H22N2O/c1-9(2)10-5-6-12(15(3)4)11(7-10)13(16)8-14/h5-7,9,13,16H,8,14H2,1-4H3. The van der Waals surface area contributed by atoms with E-state index < -0.39 is 6.10 Å². The van der Waals surface area contributed by atoms with Crippen LogP contribution in [0.4, 0.5) is 5.69 Å². The Kier molecular flexibility index (Phi) is 4.33. The molecule has 0 fully saturated rings. The van der Waals surface area contributed by atoms with Gasteiger partial charge in [0.05, 0.1) is 6.10 Å². The van der Waals surface area contributed by atoms with Crippen LogP contribution in [0.25, 0.3) is 0 Å². The highest BCUT2D eigenvalue weighted by atomic mass is 16.3. The topological polar surface area (TPSA) is 49.5 Å². The quantitative estimate of drug-likeness (QED) is 0.817. The van der Waals surface area contributed by atoms with Gasteiger partial charge >= 0.3 is 0 Å². The molecule has 0 aliphatic rings. The van der Waals surface area contributed by atoms with Crippen LogP contribution in [0.15, 0.2) is 18.2 Å². The van der Waals surface area contributed by atoms with E-state index in [0.717, 1.165) is 11.3 Å². The summed E-state index contributed by atoms with van der Waals surface area (Å²) in [4.78, 5) is 2.00. The van der Waals surface area contributed by atoms with E-state index in [4.69, 9.17) is 5.73 Å². The largest absolute Gasteiger partial charge is 0.387 e. The number of hydrogen-bond acceptors (Lipinski definition) is 3. The molecule has 0 saturated carbocycles. The lowest BCUT2D eigenvalue weighted by Crippen LogP contribution is -2.18. The molecule has 3 N–H and O–H groups in total. The van der Waals surface area contributed by atoms with Crippen molar-refractivity contribution in [1.82, 2.24) is 0 Å². The van der Waals surface area contributed by atoms with Gasteiger partial charge in [-0.25, -0.2) is 0 Å². The maximum Gasteiger partial charge on any atom is 0.0932 e. The molecule has 0 aromatic heterocycles. The minimum absolute atomic E-state index is 0.252. The van der Waals surface area contributed by atoms with E-state index in [9.17, 15) is 5.11 Å². The van der Waals surface area contributed by atoms with Gasteiger partial charge in [0.1, 0.15) is 0 Å². The number of nitrogens with two attached hydrogens (primary N) is 1. The third-order valence-corrected chi connectivity index (χ3v) is 2.78. The minimum Gasteiger partial charge on any atom is -0.387 e. The summed E-state index contributed by atoms with van der Waals surface area (Å²) >= 11 is 0. The van der Waals surface area contributed by atoms with Crippen molar-refractivity contribution < 1.29 is 5.11 Å². The fourth-order valence-electron chi connectivity index (χ4n) is 1.73. The second-order valence-electron chi connectivity index (χ2n) is 4.62. The van der Waals surface area contributed by atoms with E-state index in [0.29, 0.717) is 5.92 Å². The molecule has 1 aromatic rings. The van der Waals surface area contributed by atoms with Crippen molar-refractivity contribution in [1.29, 1.82) is 0 Å². The van der Waals surface area contributed by atoms with Crippen LogP contribution < -0.4 is 10.6 Å². The first-order chi connectivity index (χ1) is 7.47. The lowest BCUT2D eigenvalue weighted by molar-refractivity contribution is 0.187. The number of rotatable bonds is 4. The normalized spacial score (nSPS) is 12.9. The van der Waals surface area contributed by atoms with Gasteiger partial charge in [0.25, 0.3) is 0 Å². The third-order valence-electron chi connectivity index (χ3n) is 2.78. The summed E-state index contributed by atoms with van der Waals surface area (Å²) < 4.78 is 0. The lowest BCUT2D eigenvalue weighted by atomic mass is 9.97. The van der Waals surface area contributed by atoms with Gasteiger partial charge in [0.2, 0.25) is 0 Å². The Bertz CT molecular complexity index is 348. The summed E-state index contributed by atoms with van der Waals surface area (Å²) in [6.07, 6.45) is -0.587. The zero-order valence-corrected chi connectivity index (χ0v) is 10.6. The Morgan fingerprint density at radius 2 is 1.94 bits per heavy atom. The van der Waals surface area contributed by atoms with Crippen LogP contribution in [0, 0.1) is 0 Å². The van der Waals surface area contributed by atoms with Gasteiger partial charge < -0.3 is 15.7 Å². The predicted octanol–water partition coefficient (Wildman–Crippen LogP) is 1.87. The zero-order valence-electron chi connectivity index (χ0n) is 10.6. The van der Waals surface area contributed by atoms with Crippen LogP contribution in [0.3, 0.4) is 0 Å². The molecule has 0 bridgehead atoms. The Balaban J connectivity index is 3.21. The maximum absolute atomic E-state index is 9.91. The Morgan fingerprint density at radius 3 is 2.38 bits per heavy atom. The molecule has 0 spiro atoms. The Hall–Kier alpha value is -1.06. The first kappa shape index (κ1) is 13.0. The number of hydrogen-bond donors (Lipinski definition) is 2. The number of nitrogens with zero attached hydrogens (tertiary/aromatic N) is 1. The molecule has 3 nitrogen and oxygen atoms in total. The average molecular weight is 222 g/mol. The second-order valence-corrected chi connectivity index (χ2v) is 4.62. The molecular formula is C13H22N2O. The molecule has 0 radical (unpaired) electrons. The monoisotopic (exact) mass is 222 g/mol. The van der Waals surface area contributed by atoms with Gasteiger partial charge in [-0.15, -0.1) is 0 Å². The molecule has 0 aliphatic carbocycles. The van der Waals surface area contributed by atoms with Gasteiger partial charge in [-0.05, 0) is 17.5 Å². The SMILES string of the molecule is CC(C)c1ccc(N(C)C)c(C(O)CN)c1. The lowest BCUT2D eigenvalue weighted by Gasteiger charge is -2.22. The van der Waals surface area contributed by atoms with E-state index >= 15 is 0 Å². The van der Waals surface area contributed by atoms with E-state index in [1.165, 1.54) is 5.56 Å². The van der Waals surface area contributed by atoms with Crippen LogP contribution in [0.5, 0.6) is 0 Å². The number of aliphatic hydroxyl groups is 1. The van der Waals surface area contributed by atoms with Gasteiger partial charge in [-0.3, -0.25) is 0 Å². The smallest absolute Gasteiger partial charge is 0.0932 e. The van der Waals surface area contributed by atoms with E-state index in [-0.39, 0.29) is 6.54 Å². The summed E-state index contributed by atoms with van der Waals surface area (Å²) in [7, 11) is 3.94. The van der Waals surface area contributed by atoms with Crippen molar-refractivity contribution in [2.24, 2.45) is 5.73 Å². The number of anilines is 1. The molecule has 1 unspecified atom stereocenters. The highest BCUT2D eigenvalue weighted by Gasteiger charge is 2.14. The summed E-state index contributed by atoms with van der Waals surface area (Å²) in [5.41, 5.74) is 8.71. The second kappa shape index (κ2) is 5.32. The molecule has 0 aliphatic heterocycles. The molecule has 1 atom stereocenters. The highest BCUT2D eigenvalue weighted by Crippen LogP contribution is 2.28. The molecule has 1 rings (SSSR count). The molecule has 16 heavy (non-hydrogen) atoms. The average Bonchev–Trinajstić information content (AvgIpc) is 2.26. The first-order valence-electron chi connectivity index (χ1n) is 5.66. The molecule has 0 amide bonds. The van der Waals surface area contributed by atoms with Gasteiger partial charge in [-0.2, -0.15) is 0 Å². The summed E-state index contributed by atoms with van der Waals surface area (Å²) in [6, 6.07) is 6.20. The summed E-state index contributed by atoms with van der Waals surface area (Å²) in [6.45, 7) is 4.54. The fraction of sp³-hybridized carbons (Fsp3) is 0.538. The molecule has 3 heteroatoms. The van der Waals surface area contributed by atoms with Crippen molar-refractivity contribution in [2.45, 2.75) is 25.9 Å². The molecule has 0 heterocycles. The molecule has 0 saturated heterocycles. The number of aliphatic hydroxyl groups excluding tert-OH is 1. The Morgan fingerprint density at radius 1 is 1.31 bits per heavy atom. The van der Waals surface area contributed by atoms with Crippen molar-refractivity contribution in [3.05, 3.63) is 29.3 Å². The van der Waals surface area contributed by atoms with E-state index in [2.05, 4.69) is 26.0 Å². The highest BCUT2D eigenvalue weighted by molar-refractivity contribution is 5.55. The van der Waals surface area contributed by atoms with E-state index in [1.54, 1.807) is 0 Å². The summed E-state index contributed by atoms with van der Waals surface area (Å²) in [5.74, 6) is 0.458. The predicted molar refractivity (Wildman–Crippen MR) is 68.9 cm³/mol. The van der Waals surface area contributed by atoms with E-state index in [1.807, 2.05) is 25.1 Å². The van der Waals surface area contributed by atoms with Gasteiger partial charge in [-0.1, -0.05) is 26.0 Å². The van der Waals surface area contributed by atoms with Crippen molar-refractivity contribution in [2.75, 3.05) is 25.5 Å². The molecular weight excluding hydrogens is 200 g/mol. The van der Waals surface area contributed by atoms with Crippen molar-refractivity contribution >= 4 is 5.69 Å². The van der Waals surface area contributed by atoms with Gasteiger partial charge in [0, 0.05) is 31.9 Å². The zero-order chi connectivity index (χ0) is 12.3. The van der Waals surface area contributed by atoms with Crippen LogP contribution in [-0.2, 0) is 0 Å². The molecule has 90 valence electrons. The van der Waals surface area contributed by atoms with Crippen LogP contribution >= 0.6 is 0 Å². The summed E-state index contributed by atoms with van der Waals surface area (Å²) in [5, 5.41) is 9.91. The molecule has 1 aromatic carbocycles. The van der Waals surface area contributed by atoms with Crippen molar-refractivity contribution in [3.63, 3.8) is 0 Å². The van der Waals surface area contributed by atoms with Crippen LogP contribution in [0.1, 0.15) is 37.0 Å². The minimum atomic E-state index is -0.587.